The van der Waals surface area contributed by atoms with Gasteiger partial charge in [0.1, 0.15) is 11.2 Å². The van der Waals surface area contributed by atoms with Gasteiger partial charge >= 0.3 is 0 Å². The number of aromatic nitrogens is 2. The number of anilines is 2. The third-order valence-corrected chi connectivity index (χ3v) is 4.09. The predicted octanol–water partition coefficient (Wildman–Crippen LogP) is 2.94. The van der Waals surface area contributed by atoms with Gasteiger partial charge in [0.15, 0.2) is 0 Å². The number of carbonyl (C=O) groups is 2. The minimum atomic E-state index is -0.510. The second kappa shape index (κ2) is 7.41. The van der Waals surface area contributed by atoms with Gasteiger partial charge in [0.2, 0.25) is 11.3 Å². The Bertz CT molecular complexity index is 1100. The summed E-state index contributed by atoms with van der Waals surface area (Å²) in [6.45, 7) is 5.76. The molecule has 2 amide bonds. The van der Waals surface area contributed by atoms with E-state index in [4.69, 9.17) is 0 Å². The monoisotopic (exact) mass is 364 g/mol. The number of hydrogen-bond donors (Lipinski definition) is 2. The van der Waals surface area contributed by atoms with E-state index in [1.54, 1.807) is 41.0 Å². The first-order valence-corrected chi connectivity index (χ1v) is 8.59. The fraction of sp³-hybridized carbons (Fsp3) is 0.200. The van der Waals surface area contributed by atoms with Gasteiger partial charge in [-0.25, -0.2) is 4.98 Å². The highest BCUT2D eigenvalue weighted by atomic mass is 16.2. The number of benzene rings is 1. The number of hydrogen-bond acceptors (Lipinski definition) is 4. The SMILES string of the molecule is CCn1cc(C(=O)Nc2cccc(NC(C)=O)c2)c(=O)c2ccc(C)nc21. The summed E-state index contributed by atoms with van der Waals surface area (Å²) in [6, 6.07) is 10.2. The Kier molecular flexibility index (Phi) is 5.03. The van der Waals surface area contributed by atoms with E-state index in [0.29, 0.717) is 29.0 Å². The maximum Gasteiger partial charge on any atom is 0.261 e. The number of fused-ring (bicyclic) bond motifs is 1. The molecule has 2 N–H and O–H groups in total. The number of pyridine rings is 2. The van der Waals surface area contributed by atoms with E-state index < -0.39 is 5.91 Å². The molecular formula is C20H20N4O3. The number of amides is 2. The largest absolute Gasteiger partial charge is 0.332 e. The van der Waals surface area contributed by atoms with Gasteiger partial charge in [-0.15, -0.1) is 0 Å². The summed E-state index contributed by atoms with van der Waals surface area (Å²) >= 11 is 0. The predicted molar refractivity (Wildman–Crippen MR) is 105 cm³/mol. The van der Waals surface area contributed by atoms with Gasteiger partial charge in [-0.1, -0.05) is 6.07 Å². The van der Waals surface area contributed by atoms with Crippen molar-refractivity contribution in [2.24, 2.45) is 0 Å². The highest BCUT2D eigenvalue weighted by Gasteiger charge is 2.16. The second-order valence-electron chi connectivity index (χ2n) is 6.20. The van der Waals surface area contributed by atoms with Crippen molar-refractivity contribution < 1.29 is 9.59 Å². The van der Waals surface area contributed by atoms with Crippen LogP contribution >= 0.6 is 0 Å². The van der Waals surface area contributed by atoms with Gasteiger partial charge in [-0.3, -0.25) is 14.4 Å². The van der Waals surface area contributed by atoms with Gasteiger partial charge in [0.05, 0.1) is 5.39 Å². The fourth-order valence-electron chi connectivity index (χ4n) is 2.84. The third-order valence-electron chi connectivity index (χ3n) is 4.09. The molecule has 0 fully saturated rings. The van der Waals surface area contributed by atoms with E-state index in [2.05, 4.69) is 15.6 Å². The average Bonchev–Trinajstić information content (AvgIpc) is 2.61. The molecule has 0 unspecified atom stereocenters. The van der Waals surface area contributed by atoms with E-state index in [0.717, 1.165) is 5.69 Å². The molecule has 0 radical (unpaired) electrons. The van der Waals surface area contributed by atoms with Crippen molar-refractivity contribution in [1.29, 1.82) is 0 Å². The van der Waals surface area contributed by atoms with Gasteiger partial charge < -0.3 is 15.2 Å². The summed E-state index contributed by atoms with van der Waals surface area (Å²) < 4.78 is 1.78. The van der Waals surface area contributed by atoms with E-state index >= 15 is 0 Å². The molecule has 7 heteroatoms. The van der Waals surface area contributed by atoms with Gasteiger partial charge in [-0.2, -0.15) is 0 Å². The van der Waals surface area contributed by atoms with Crippen molar-refractivity contribution in [3.63, 3.8) is 0 Å². The van der Waals surface area contributed by atoms with Crippen LogP contribution in [0.4, 0.5) is 11.4 Å². The van der Waals surface area contributed by atoms with Gasteiger partial charge in [-0.05, 0) is 44.2 Å². The van der Waals surface area contributed by atoms with Crippen LogP contribution in [0.2, 0.25) is 0 Å². The van der Waals surface area contributed by atoms with Crippen LogP contribution in [-0.4, -0.2) is 21.4 Å². The lowest BCUT2D eigenvalue weighted by atomic mass is 10.1. The van der Waals surface area contributed by atoms with Gasteiger partial charge in [0, 0.05) is 36.7 Å². The van der Waals surface area contributed by atoms with Crippen LogP contribution in [0.1, 0.15) is 29.9 Å². The zero-order valence-corrected chi connectivity index (χ0v) is 15.4. The molecule has 0 saturated carbocycles. The molecule has 0 saturated heterocycles. The number of aryl methyl sites for hydroxylation is 2. The van der Waals surface area contributed by atoms with Crippen LogP contribution in [0.5, 0.6) is 0 Å². The topological polar surface area (TPSA) is 93.1 Å². The molecule has 27 heavy (non-hydrogen) atoms. The van der Waals surface area contributed by atoms with Crippen molar-refractivity contribution in [1.82, 2.24) is 9.55 Å². The smallest absolute Gasteiger partial charge is 0.261 e. The van der Waals surface area contributed by atoms with Crippen molar-refractivity contribution >= 4 is 34.2 Å². The molecule has 0 aliphatic carbocycles. The summed E-state index contributed by atoms with van der Waals surface area (Å²) in [7, 11) is 0. The van der Waals surface area contributed by atoms with Crippen LogP contribution in [0.3, 0.4) is 0 Å². The Morgan fingerprint density at radius 1 is 1.11 bits per heavy atom. The Morgan fingerprint density at radius 2 is 1.81 bits per heavy atom. The maximum absolute atomic E-state index is 12.8. The highest BCUT2D eigenvalue weighted by Crippen LogP contribution is 2.17. The van der Waals surface area contributed by atoms with Crippen LogP contribution in [-0.2, 0) is 11.3 Å². The van der Waals surface area contributed by atoms with E-state index in [9.17, 15) is 14.4 Å². The summed E-state index contributed by atoms with van der Waals surface area (Å²) in [6.07, 6.45) is 1.53. The van der Waals surface area contributed by atoms with E-state index in [1.165, 1.54) is 13.1 Å². The van der Waals surface area contributed by atoms with Crippen molar-refractivity contribution in [3.05, 3.63) is 64.1 Å². The average molecular weight is 364 g/mol. The fourth-order valence-corrected chi connectivity index (χ4v) is 2.84. The Hall–Kier alpha value is -3.48. The quantitative estimate of drug-likeness (QED) is 0.744. The van der Waals surface area contributed by atoms with E-state index in [1.807, 2.05) is 13.8 Å². The Balaban J connectivity index is 1.99. The lowest BCUT2D eigenvalue weighted by molar-refractivity contribution is -0.114. The molecule has 0 spiro atoms. The summed E-state index contributed by atoms with van der Waals surface area (Å²) in [5, 5.41) is 5.77. The normalized spacial score (nSPS) is 10.6. The molecule has 1 aromatic carbocycles. The molecule has 2 aromatic heterocycles. The Morgan fingerprint density at radius 3 is 2.48 bits per heavy atom. The molecule has 0 aliphatic heterocycles. The molecule has 3 rings (SSSR count). The van der Waals surface area contributed by atoms with Crippen molar-refractivity contribution in [2.45, 2.75) is 27.3 Å². The molecule has 7 nitrogen and oxygen atoms in total. The minimum absolute atomic E-state index is 0.0416. The first-order valence-electron chi connectivity index (χ1n) is 8.59. The van der Waals surface area contributed by atoms with Crippen molar-refractivity contribution in [3.8, 4) is 0 Å². The number of carbonyl (C=O) groups excluding carboxylic acids is 2. The van der Waals surface area contributed by atoms with Crippen LogP contribution in [0.15, 0.2) is 47.4 Å². The maximum atomic E-state index is 12.8. The zero-order chi connectivity index (χ0) is 19.6. The summed E-state index contributed by atoms with van der Waals surface area (Å²) in [4.78, 5) is 41.1. The zero-order valence-electron chi connectivity index (χ0n) is 15.4. The Labute approximate surface area is 156 Å². The van der Waals surface area contributed by atoms with Crippen LogP contribution in [0.25, 0.3) is 11.0 Å². The van der Waals surface area contributed by atoms with E-state index in [-0.39, 0.29) is 16.9 Å². The van der Waals surface area contributed by atoms with Crippen LogP contribution in [0, 0.1) is 6.92 Å². The molecule has 138 valence electrons. The first-order chi connectivity index (χ1) is 12.9. The van der Waals surface area contributed by atoms with Gasteiger partial charge in [0.25, 0.3) is 5.91 Å². The number of rotatable bonds is 4. The first kappa shape index (κ1) is 18.3. The summed E-state index contributed by atoms with van der Waals surface area (Å²) in [5.74, 6) is -0.716. The minimum Gasteiger partial charge on any atom is -0.332 e. The third kappa shape index (κ3) is 3.87. The lowest BCUT2D eigenvalue weighted by Gasteiger charge is -2.12. The van der Waals surface area contributed by atoms with Crippen molar-refractivity contribution in [2.75, 3.05) is 10.6 Å². The molecule has 0 atom stereocenters. The standard InChI is InChI=1S/C20H20N4O3/c1-4-24-11-17(18(26)16-9-8-12(2)21-19(16)24)20(27)23-15-7-5-6-14(10-15)22-13(3)25/h5-11H,4H2,1-3H3,(H,22,25)(H,23,27). The molecular weight excluding hydrogens is 344 g/mol. The molecule has 2 heterocycles. The highest BCUT2D eigenvalue weighted by molar-refractivity contribution is 6.06. The summed E-state index contributed by atoms with van der Waals surface area (Å²) in [5.41, 5.74) is 2.08. The van der Waals surface area contributed by atoms with Crippen LogP contribution < -0.4 is 16.1 Å². The molecule has 0 bridgehead atoms. The number of nitrogens with zero attached hydrogens (tertiary/aromatic N) is 2. The second-order valence-corrected chi connectivity index (χ2v) is 6.20. The molecule has 3 aromatic rings. The molecule has 0 aliphatic rings. The lowest BCUT2D eigenvalue weighted by Crippen LogP contribution is -2.24. The number of nitrogens with one attached hydrogen (secondary N) is 2.